The molecule has 0 aliphatic heterocycles. The third kappa shape index (κ3) is 4.73. The van der Waals surface area contributed by atoms with E-state index in [1.165, 1.54) is 17.8 Å². The second kappa shape index (κ2) is 6.59. The number of nitrogens with one attached hydrogen (secondary N) is 1. The third-order valence-corrected chi connectivity index (χ3v) is 3.50. The largest absolute Gasteiger partial charge is 0.375 e. The first kappa shape index (κ1) is 14.0. The first-order valence-electron chi connectivity index (χ1n) is 6.01. The van der Waals surface area contributed by atoms with Crippen LogP contribution >= 0.6 is 11.3 Å². The normalized spacial score (nSPS) is 10.8. The predicted molar refractivity (Wildman–Crippen MR) is 72.3 cm³/mol. The zero-order valence-corrected chi connectivity index (χ0v) is 11.6. The molecule has 0 aliphatic carbocycles. The van der Waals surface area contributed by atoms with E-state index in [0.29, 0.717) is 15.7 Å². The molecule has 17 heavy (non-hydrogen) atoms. The summed E-state index contributed by atoms with van der Waals surface area (Å²) in [5.74, 6) is 0.676. The molecule has 0 bridgehead atoms. The average molecular weight is 255 g/mol. The molecule has 0 aliphatic rings. The van der Waals surface area contributed by atoms with Crippen LogP contribution in [0.15, 0.2) is 0 Å². The summed E-state index contributed by atoms with van der Waals surface area (Å²) in [5.41, 5.74) is 6.27. The summed E-state index contributed by atoms with van der Waals surface area (Å²) in [4.78, 5) is 16.4. The zero-order valence-electron chi connectivity index (χ0n) is 10.7. The van der Waals surface area contributed by atoms with Gasteiger partial charge in [-0.25, -0.2) is 4.98 Å². The highest BCUT2D eigenvalue weighted by Crippen LogP contribution is 2.19. The summed E-state index contributed by atoms with van der Waals surface area (Å²) in [6.07, 6.45) is 3.39. The molecule has 0 unspecified atom stereocenters. The Morgan fingerprint density at radius 3 is 2.71 bits per heavy atom. The Balaban J connectivity index is 2.28. The van der Waals surface area contributed by atoms with Crippen molar-refractivity contribution in [1.82, 2.24) is 10.3 Å². The van der Waals surface area contributed by atoms with Gasteiger partial charge in [-0.15, -0.1) is 0 Å². The van der Waals surface area contributed by atoms with E-state index in [9.17, 15) is 4.79 Å². The van der Waals surface area contributed by atoms with Gasteiger partial charge in [-0.1, -0.05) is 38.0 Å². The second-order valence-electron chi connectivity index (χ2n) is 4.61. The fourth-order valence-corrected chi connectivity index (χ4v) is 2.34. The van der Waals surface area contributed by atoms with Crippen molar-refractivity contribution in [3.63, 3.8) is 0 Å². The fourth-order valence-electron chi connectivity index (χ4n) is 1.59. The van der Waals surface area contributed by atoms with Crippen molar-refractivity contribution in [2.45, 2.75) is 40.0 Å². The lowest BCUT2D eigenvalue weighted by molar-refractivity contribution is 0.0956. The van der Waals surface area contributed by atoms with Gasteiger partial charge < -0.3 is 11.1 Å². The molecule has 0 saturated carbocycles. The van der Waals surface area contributed by atoms with Crippen LogP contribution < -0.4 is 11.1 Å². The van der Waals surface area contributed by atoms with Gasteiger partial charge in [0.05, 0.1) is 5.69 Å². The fraction of sp³-hybridized carbons (Fsp3) is 0.667. The van der Waals surface area contributed by atoms with E-state index in [1.54, 1.807) is 6.92 Å². The maximum Gasteiger partial charge on any atom is 0.263 e. The predicted octanol–water partition coefficient (Wildman–Crippen LogP) is 2.59. The maximum atomic E-state index is 11.8. The molecule has 0 aromatic carbocycles. The molecule has 5 heteroatoms. The summed E-state index contributed by atoms with van der Waals surface area (Å²) in [6.45, 7) is 6.95. The number of nitrogens with two attached hydrogens (primary N) is 1. The average Bonchev–Trinajstić information content (AvgIpc) is 2.56. The number of hydrogen-bond donors (Lipinski definition) is 2. The van der Waals surface area contributed by atoms with Crippen LogP contribution in [0.1, 0.15) is 48.5 Å². The van der Waals surface area contributed by atoms with E-state index in [2.05, 4.69) is 24.1 Å². The molecule has 3 N–H and O–H groups in total. The topological polar surface area (TPSA) is 68.0 Å². The Morgan fingerprint density at radius 1 is 1.47 bits per heavy atom. The number of carbonyl (C=O) groups is 1. The molecule has 96 valence electrons. The van der Waals surface area contributed by atoms with Crippen LogP contribution in [0.25, 0.3) is 0 Å². The Labute approximate surface area is 107 Å². The number of aromatic nitrogens is 1. The highest BCUT2D eigenvalue weighted by Gasteiger charge is 2.13. The highest BCUT2D eigenvalue weighted by molar-refractivity contribution is 7.17. The quantitative estimate of drug-likeness (QED) is 0.768. The number of nitrogen functional groups attached to an aromatic ring is 1. The monoisotopic (exact) mass is 255 g/mol. The number of carbonyl (C=O) groups excluding carboxylic acids is 1. The molecular weight excluding hydrogens is 234 g/mol. The van der Waals surface area contributed by atoms with Crippen molar-refractivity contribution in [2.75, 3.05) is 12.3 Å². The van der Waals surface area contributed by atoms with Gasteiger partial charge in [0.1, 0.15) is 4.88 Å². The maximum absolute atomic E-state index is 11.8. The minimum atomic E-state index is -0.0544. The van der Waals surface area contributed by atoms with E-state index in [-0.39, 0.29) is 5.91 Å². The zero-order chi connectivity index (χ0) is 12.8. The van der Waals surface area contributed by atoms with Crippen LogP contribution in [0.2, 0.25) is 0 Å². The number of unbranched alkanes of at least 4 members (excludes halogenated alkanes) is 1. The number of anilines is 1. The number of amides is 1. The highest BCUT2D eigenvalue weighted by atomic mass is 32.1. The van der Waals surface area contributed by atoms with Crippen molar-refractivity contribution in [2.24, 2.45) is 5.92 Å². The van der Waals surface area contributed by atoms with Crippen molar-refractivity contribution in [3.05, 3.63) is 10.6 Å². The molecule has 1 rings (SSSR count). The Morgan fingerprint density at radius 2 is 2.18 bits per heavy atom. The van der Waals surface area contributed by atoms with Crippen LogP contribution in [0.3, 0.4) is 0 Å². The molecular formula is C12H21N3OS. The van der Waals surface area contributed by atoms with E-state index in [0.717, 1.165) is 25.3 Å². The molecule has 1 heterocycles. The molecule has 0 saturated heterocycles. The van der Waals surface area contributed by atoms with Gasteiger partial charge >= 0.3 is 0 Å². The smallest absolute Gasteiger partial charge is 0.263 e. The van der Waals surface area contributed by atoms with Crippen molar-refractivity contribution in [3.8, 4) is 0 Å². The lowest BCUT2D eigenvalue weighted by Gasteiger charge is -2.05. The van der Waals surface area contributed by atoms with Crippen molar-refractivity contribution >= 4 is 22.4 Å². The number of nitrogens with zero attached hydrogens (tertiary/aromatic N) is 1. The van der Waals surface area contributed by atoms with E-state index < -0.39 is 0 Å². The molecule has 1 aromatic heterocycles. The summed E-state index contributed by atoms with van der Waals surface area (Å²) in [6, 6.07) is 0. The minimum absolute atomic E-state index is 0.0544. The molecule has 1 amide bonds. The van der Waals surface area contributed by atoms with Crippen molar-refractivity contribution in [1.29, 1.82) is 0 Å². The molecule has 0 atom stereocenters. The van der Waals surface area contributed by atoms with E-state index in [4.69, 9.17) is 5.73 Å². The summed E-state index contributed by atoms with van der Waals surface area (Å²) < 4.78 is 0. The third-order valence-electron chi connectivity index (χ3n) is 2.51. The first-order chi connectivity index (χ1) is 8.00. The Kier molecular flexibility index (Phi) is 5.41. The van der Waals surface area contributed by atoms with Crippen LogP contribution in [0, 0.1) is 12.8 Å². The minimum Gasteiger partial charge on any atom is -0.375 e. The Bertz CT molecular complexity index is 374. The van der Waals surface area contributed by atoms with Crippen molar-refractivity contribution < 1.29 is 4.79 Å². The lowest BCUT2D eigenvalue weighted by Crippen LogP contribution is -2.24. The van der Waals surface area contributed by atoms with Gasteiger partial charge in [0, 0.05) is 6.54 Å². The SMILES string of the molecule is Cc1nc(N)sc1C(=O)NCCCCC(C)C. The van der Waals surface area contributed by atoms with Crippen LogP contribution in [0.5, 0.6) is 0 Å². The van der Waals surface area contributed by atoms with Gasteiger partial charge in [-0.2, -0.15) is 0 Å². The number of thiazole rings is 1. The van der Waals surface area contributed by atoms with Gasteiger partial charge in [0.25, 0.3) is 5.91 Å². The van der Waals surface area contributed by atoms with Gasteiger partial charge in [0.15, 0.2) is 5.13 Å². The van der Waals surface area contributed by atoms with Crippen LogP contribution in [-0.4, -0.2) is 17.4 Å². The number of hydrogen-bond acceptors (Lipinski definition) is 4. The number of rotatable bonds is 6. The van der Waals surface area contributed by atoms with Gasteiger partial charge in [-0.3, -0.25) is 4.79 Å². The Hall–Kier alpha value is -1.10. The van der Waals surface area contributed by atoms with Gasteiger partial charge in [-0.05, 0) is 19.3 Å². The van der Waals surface area contributed by atoms with E-state index >= 15 is 0 Å². The molecule has 1 aromatic rings. The van der Waals surface area contributed by atoms with Crippen LogP contribution in [0.4, 0.5) is 5.13 Å². The molecule has 0 spiro atoms. The first-order valence-corrected chi connectivity index (χ1v) is 6.83. The summed E-state index contributed by atoms with van der Waals surface area (Å²) in [5, 5.41) is 3.35. The van der Waals surface area contributed by atoms with E-state index in [1.807, 2.05) is 0 Å². The molecule has 4 nitrogen and oxygen atoms in total. The van der Waals surface area contributed by atoms with Crippen LogP contribution in [-0.2, 0) is 0 Å². The second-order valence-corrected chi connectivity index (χ2v) is 5.64. The summed E-state index contributed by atoms with van der Waals surface area (Å²) in [7, 11) is 0. The lowest BCUT2D eigenvalue weighted by atomic mass is 10.1. The summed E-state index contributed by atoms with van der Waals surface area (Å²) >= 11 is 1.25. The standard InChI is InChI=1S/C12H21N3OS/c1-8(2)6-4-5-7-14-11(16)10-9(3)15-12(13)17-10/h8H,4-7H2,1-3H3,(H2,13,15)(H,14,16). The number of aryl methyl sites for hydroxylation is 1. The van der Waals surface area contributed by atoms with Gasteiger partial charge in [0.2, 0.25) is 0 Å². The molecule has 0 radical (unpaired) electrons. The molecule has 0 fully saturated rings.